The number of rotatable bonds is 9. The van der Waals surface area contributed by atoms with Crippen LogP contribution in [0.4, 0.5) is 4.39 Å². The summed E-state index contributed by atoms with van der Waals surface area (Å²) >= 11 is 0. The molecule has 0 aliphatic heterocycles. The van der Waals surface area contributed by atoms with Crippen LogP contribution in [0, 0.1) is 5.82 Å². The highest BCUT2D eigenvalue weighted by Gasteiger charge is 2.16. The van der Waals surface area contributed by atoms with Crippen LogP contribution >= 0.6 is 0 Å². The number of hydrogen-bond acceptors (Lipinski definition) is 2. The van der Waals surface area contributed by atoms with E-state index in [0.29, 0.717) is 13.0 Å². The number of benzene rings is 2. The lowest BCUT2D eigenvalue weighted by atomic mass is 9.98. The van der Waals surface area contributed by atoms with Gasteiger partial charge in [-0.1, -0.05) is 55.3 Å². The van der Waals surface area contributed by atoms with Crippen molar-refractivity contribution < 1.29 is 9.18 Å². The first-order chi connectivity index (χ1) is 11.7. The third-order valence-corrected chi connectivity index (χ3v) is 4.00. The lowest BCUT2D eigenvalue weighted by Crippen LogP contribution is -2.29. The zero-order chi connectivity index (χ0) is 17.2. The van der Waals surface area contributed by atoms with Gasteiger partial charge in [0.05, 0.1) is 6.04 Å². The van der Waals surface area contributed by atoms with E-state index in [4.69, 9.17) is 5.73 Å². The van der Waals surface area contributed by atoms with E-state index < -0.39 is 0 Å². The van der Waals surface area contributed by atoms with Crippen LogP contribution in [0.25, 0.3) is 0 Å². The van der Waals surface area contributed by atoms with Crippen LogP contribution in [0.15, 0.2) is 54.6 Å². The molecule has 2 aromatic carbocycles. The predicted octanol–water partition coefficient (Wildman–Crippen LogP) is 3.94. The molecule has 0 fully saturated rings. The van der Waals surface area contributed by atoms with Crippen molar-refractivity contribution in [2.45, 2.75) is 38.1 Å². The first-order valence-electron chi connectivity index (χ1n) is 8.50. The van der Waals surface area contributed by atoms with Gasteiger partial charge >= 0.3 is 0 Å². The molecule has 2 rings (SSSR count). The second-order valence-electron chi connectivity index (χ2n) is 5.92. The Labute approximate surface area is 143 Å². The van der Waals surface area contributed by atoms with E-state index >= 15 is 0 Å². The summed E-state index contributed by atoms with van der Waals surface area (Å²) in [6, 6.07) is 15.8. The molecule has 1 unspecified atom stereocenters. The van der Waals surface area contributed by atoms with Crippen molar-refractivity contribution in [2.24, 2.45) is 5.73 Å². The fraction of sp³-hybridized carbons (Fsp3) is 0.350. The van der Waals surface area contributed by atoms with Crippen molar-refractivity contribution in [3.63, 3.8) is 0 Å². The third-order valence-electron chi connectivity index (χ3n) is 4.00. The zero-order valence-corrected chi connectivity index (χ0v) is 13.9. The molecule has 3 nitrogen and oxygen atoms in total. The van der Waals surface area contributed by atoms with E-state index in [0.717, 1.165) is 36.8 Å². The molecule has 0 heterocycles. The van der Waals surface area contributed by atoms with Gasteiger partial charge in [-0.15, -0.1) is 0 Å². The highest BCUT2D eigenvalue weighted by molar-refractivity contribution is 5.77. The minimum Gasteiger partial charge on any atom is -0.345 e. The molecule has 1 atom stereocenters. The Morgan fingerprint density at radius 2 is 1.54 bits per heavy atom. The largest absolute Gasteiger partial charge is 0.345 e. The molecule has 0 saturated heterocycles. The Morgan fingerprint density at radius 1 is 0.917 bits per heavy atom. The second-order valence-corrected chi connectivity index (χ2v) is 5.92. The Hall–Kier alpha value is -2.20. The smallest absolute Gasteiger partial charge is 0.220 e. The fourth-order valence-electron chi connectivity index (χ4n) is 2.68. The van der Waals surface area contributed by atoms with Crippen molar-refractivity contribution >= 4 is 5.91 Å². The van der Waals surface area contributed by atoms with Crippen LogP contribution in [0.1, 0.15) is 49.3 Å². The Bertz CT molecular complexity index is 613. The molecule has 0 radical (unpaired) electrons. The summed E-state index contributed by atoms with van der Waals surface area (Å²) in [6.07, 6.45) is 4.43. The van der Waals surface area contributed by atoms with E-state index in [1.54, 1.807) is 12.1 Å². The van der Waals surface area contributed by atoms with Gasteiger partial charge in [0.2, 0.25) is 5.91 Å². The van der Waals surface area contributed by atoms with E-state index in [9.17, 15) is 9.18 Å². The molecular formula is C20H25FN2O. The quantitative estimate of drug-likeness (QED) is 0.685. The van der Waals surface area contributed by atoms with E-state index in [1.807, 2.05) is 30.3 Å². The topological polar surface area (TPSA) is 55.1 Å². The molecular weight excluding hydrogens is 303 g/mol. The van der Waals surface area contributed by atoms with Gasteiger partial charge in [-0.3, -0.25) is 4.79 Å². The molecule has 2 aromatic rings. The molecule has 24 heavy (non-hydrogen) atoms. The highest BCUT2D eigenvalue weighted by Crippen LogP contribution is 2.22. The minimum atomic E-state index is -0.281. The Morgan fingerprint density at radius 3 is 2.21 bits per heavy atom. The summed E-state index contributed by atoms with van der Waals surface area (Å²) in [5, 5.41) is 3.07. The lowest BCUT2D eigenvalue weighted by Gasteiger charge is -2.20. The average Bonchev–Trinajstić information content (AvgIpc) is 2.61. The van der Waals surface area contributed by atoms with Gasteiger partial charge in [0.15, 0.2) is 0 Å². The van der Waals surface area contributed by atoms with Crippen molar-refractivity contribution in [3.05, 3.63) is 71.5 Å². The molecule has 3 N–H and O–H groups in total. The number of amides is 1. The zero-order valence-electron chi connectivity index (χ0n) is 13.9. The van der Waals surface area contributed by atoms with Crippen molar-refractivity contribution in [2.75, 3.05) is 6.54 Å². The maximum Gasteiger partial charge on any atom is 0.220 e. The van der Waals surface area contributed by atoms with Gasteiger partial charge in [-0.25, -0.2) is 4.39 Å². The maximum atomic E-state index is 13.2. The molecule has 4 heteroatoms. The minimum absolute atomic E-state index is 0.0147. The van der Waals surface area contributed by atoms with Crippen molar-refractivity contribution in [1.29, 1.82) is 0 Å². The summed E-state index contributed by atoms with van der Waals surface area (Å²) in [4.78, 5) is 12.3. The van der Waals surface area contributed by atoms with E-state index in [2.05, 4.69) is 5.32 Å². The summed E-state index contributed by atoms with van der Waals surface area (Å²) < 4.78 is 13.2. The third kappa shape index (κ3) is 5.78. The summed E-state index contributed by atoms with van der Waals surface area (Å²) in [7, 11) is 0. The van der Waals surface area contributed by atoms with Gasteiger partial charge < -0.3 is 11.1 Å². The second kappa shape index (κ2) is 9.83. The number of nitrogens with two attached hydrogens (primary N) is 1. The van der Waals surface area contributed by atoms with Crippen LogP contribution < -0.4 is 11.1 Å². The Kier molecular flexibility index (Phi) is 7.43. The van der Waals surface area contributed by atoms with Gasteiger partial charge in [0, 0.05) is 6.42 Å². The first kappa shape index (κ1) is 18.1. The average molecular weight is 328 g/mol. The molecule has 0 aliphatic carbocycles. The SMILES string of the molecule is NCCCCCCC(=O)NC(c1ccccc1)c1ccc(F)cc1. The summed E-state index contributed by atoms with van der Waals surface area (Å²) in [6.45, 7) is 0.701. The molecule has 0 aliphatic rings. The van der Waals surface area contributed by atoms with E-state index in [-0.39, 0.29) is 17.8 Å². The summed E-state index contributed by atoms with van der Waals surface area (Å²) in [5.74, 6) is -0.266. The van der Waals surface area contributed by atoms with Crippen LogP contribution in [-0.4, -0.2) is 12.5 Å². The van der Waals surface area contributed by atoms with Crippen LogP contribution in [-0.2, 0) is 4.79 Å². The van der Waals surface area contributed by atoms with Crippen LogP contribution in [0.3, 0.4) is 0 Å². The number of nitrogens with one attached hydrogen (secondary N) is 1. The number of carbonyl (C=O) groups is 1. The normalized spacial score (nSPS) is 11.9. The number of carbonyl (C=O) groups excluding carboxylic acids is 1. The van der Waals surface area contributed by atoms with Gasteiger partial charge in [0.25, 0.3) is 0 Å². The monoisotopic (exact) mass is 328 g/mol. The molecule has 128 valence electrons. The molecule has 0 spiro atoms. The van der Waals surface area contributed by atoms with Crippen LogP contribution in [0.2, 0.25) is 0 Å². The first-order valence-corrected chi connectivity index (χ1v) is 8.50. The van der Waals surface area contributed by atoms with E-state index in [1.165, 1.54) is 12.1 Å². The number of halogens is 1. The standard InChI is InChI=1S/C20H25FN2O/c21-18-13-11-17(12-14-18)20(16-8-4-3-5-9-16)23-19(24)10-6-1-2-7-15-22/h3-5,8-9,11-14,20H,1-2,6-7,10,15,22H2,(H,23,24). The van der Waals surface area contributed by atoms with Crippen molar-refractivity contribution in [3.8, 4) is 0 Å². The highest BCUT2D eigenvalue weighted by atomic mass is 19.1. The summed E-state index contributed by atoms with van der Waals surface area (Å²) in [5.41, 5.74) is 7.33. The lowest BCUT2D eigenvalue weighted by molar-refractivity contribution is -0.121. The fourth-order valence-corrected chi connectivity index (χ4v) is 2.68. The van der Waals surface area contributed by atoms with Gasteiger partial charge in [-0.2, -0.15) is 0 Å². The Balaban J connectivity index is 2.01. The molecule has 1 amide bonds. The molecule has 0 bridgehead atoms. The maximum absolute atomic E-state index is 13.2. The number of hydrogen-bond donors (Lipinski definition) is 2. The molecule has 0 aromatic heterocycles. The predicted molar refractivity (Wildman–Crippen MR) is 95.0 cm³/mol. The van der Waals surface area contributed by atoms with Crippen LogP contribution in [0.5, 0.6) is 0 Å². The number of unbranched alkanes of at least 4 members (excludes halogenated alkanes) is 3. The van der Waals surface area contributed by atoms with Gasteiger partial charge in [0.1, 0.15) is 5.82 Å². The molecule has 0 saturated carbocycles. The van der Waals surface area contributed by atoms with Gasteiger partial charge in [-0.05, 0) is 42.6 Å². The van der Waals surface area contributed by atoms with Crippen molar-refractivity contribution in [1.82, 2.24) is 5.32 Å².